The molecule has 1 saturated heterocycles. The van der Waals surface area contributed by atoms with Crippen molar-refractivity contribution in [2.24, 2.45) is 0 Å². The van der Waals surface area contributed by atoms with Crippen molar-refractivity contribution in [3.05, 3.63) is 41.1 Å². The summed E-state index contributed by atoms with van der Waals surface area (Å²) in [6, 6.07) is 6.02. The van der Waals surface area contributed by atoms with Gasteiger partial charge in [0.2, 0.25) is 0 Å². The average Bonchev–Trinajstić information content (AvgIpc) is 2.41. The summed E-state index contributed by atoms with van der Waals surface area (Å²) in [5, 5.41) is 10.7. The zero-order chi connectivity index (χ0) is 13.3. The van der Waals surface area contributed by atoms with Crippen molar-refractivity contribution in [1.82, 2.24) is 10.6 Å². The van der Waals surface area contributed by atoms with Gasteiger partial charge in [0.1, 0.15) is 5.00 Å². The number of fused-ring (bicyclic) bond motifs is 1. The number of benzene rings is 1. The van der Waals surface area contributed by atoms with E-state index >= 15 is 0 Å². The van der Waals surface area contributed by atoms with E-state index in [4.69, 9.17) is 23.2 Å². The van der Waals surface area contributed by atoms with Crippen LogP contribution in [0.15, 0.2) is 24.4 Å². The largest absolute Gasteiger partial charge is 0.361 e. The molecule has 3 N–H and O–H groups in total. The van der Waals surface area contributed by atoms with Gasteiger partial charge < -0.3 is 10.6 Å². The molecule has 2 aliphatic rings. The topological polar surface area (TPSA) is 36.1 Å². The monoisotopic (exact) mass is 296 g/mol. The number of hydrogen-bond donors (Lipinski definition) is 3. The lowest BCUT2D eigenvalue weighted by molar-refractivity contribution is 0.352. The summed E-state index contributed by atoms with van der Waals surface area (Å²) in [6.07, 6.45) is 7.19. The van der Waals surface area contributed by atoms with E-state index in [0.717, 1.165) is 37.2 Å². The van der Waals surface area contributed by atoms with E-state index in [9.17, 15) is 0 Å². The second-order valence-corrected chi connectivity index (χ2v) is 5.97. The van der Waals surface area contributed by atoms with Gasteiger partial charge in [0, 0.05) is 41.1 Å². The minimum Gasteiger partial charge on any atom is -0.361 e. The van der Waals surface area contributed by atoms with Gasteiger partial charge in [-0.25, -0.2) is 0 Å². The van der Waals surface area contributed by atoms with Gasteiger partial charge in [-0.3, -0.25) is 5.32 Å². The standard InChI is InChI=1S/C14H16Cl2N3/c15-10-3-4-13-12(8-10)14(16,5-7-18-13)19-11-2-1-6-17-9-11/h3-4,7-8,11,17-19H,1-2,6,9H2. The van der Waals surface area contributed by atoms with Crippen molar-refractivity contribution in [3.63, 3.8) is 0 Å². The van der Waals surface area contributed by atoms with Crippen LogP contribution in [-0.4, -0.2) is 19.1 Å². The Labute approximate surface area is 123 Å². The molecule has 2 heterocycles. The fourth-order valence-electron chi connectivity index (χ4n) is 2.59. The maximum atomic E-state index is 6.73. The fraction of sp³-hybridized carbons (Fsp3) is 0.429. The highest BCUT2D eigenvalue weighted by Gasteiger charge is 2.34. The van der Waals surface area contributed by atoms with Crippen LogP contribution in [0.25, 0.3) is 0 Å². The van der Waals surface area contributed by atoms with E-state index in [1.807, 2.05) is 18.2 Å². The number of nitrogens with one attached hydrogen (secondary N) is 3. The first-order valence-corrected chi connectivity index (χ1v) is 7.26. The number of piperidine rings is 1. The van der Waals surface area contributed by atoms with Crippen LogP contribution in [0, 0.1) is 6.08 Å². The Kier molecular flexibility index (Phi) is 3.72. The van der Waals surface area contributed by atoms with E-state index in [2.05, 4.69) is 22.0 Å². The van der Waals surface area contributed by atoms with Gasteiger partial charge in [0.25, 0.3) is 0 Å². The fourth-order valence-corrected chi connectivity index (χ4v) is 3.13. The Hall–Kier alpha value is -0.740. The number of halogens is 2. The molecule has 3 rings (SSSR count). The highest BCUT2D eigenvalue weighted by atomic mass is 35.5. The predicted molar refractivity (Wildman–Crippen MR) is 79.4 cm³/mol. The van der Waals surface area contributed by atoms with E-state index in [0.29, 0.717) is 11.1 Å². The molecule has 19 heavy (non-hydrogen) atoms. The minimum absolute atomic E-state index is 0.345. The zero-order valence-electron chi connectivity index (χ0n) is 10.5. The molecule has 0 spiro atoms. The van der Waals surface area contributed by atoms with E-state index in [1.165, 1.54) is 0 Å². The first-order valence-electron chi connectivity index (χ1n) is 6.51. The molecule has 3 nitrogen and oxygen atoms in total. The third-order valence-corrected chi connectivity index (χ3v) is 4.21. The number of alkyl halides is 1. The Morgan fingerprint density at radius 1 is 1.42 bits per heavy atom. The van der Waals surface area contributed by atoms with Gasteiger partial charge in [0.15, 0.2) is 0 Å². The number of hydrogen-bond acceptors (Lipinski definition) is 3. The Bertz CT molecular complexity index is 497. The lowest BCUT2D eigenvalue weighted by atomic mass is 9.98. The minimum atomic E-state index is -0.810. The molecule has 1 radical (unpaired) electrons. The molecule has 1 fully saturated rings. The van der Waals surface area contributed by atoms with Crippen LogP contribution in [0.1, 0.15) is 18.4 Å². The van der Waals surface area contributed by atoms with Crippen LogP contribution in [-0.2, 0) is 5.00 Å². The summed E-state index contributed by atoms with van der Waals surface area (Å²) in [7, 11) is 0. The Balaban J connectivity index is 1.88. The lowest BCUT2D eigenvalue weighted by Gasteiger charge is -2.35. The summed E-state index contributed by atoms with van der Waals surface area (Å²) >= 11 is 12.8. The van der Waals surface area contributed by atoms with E-state index < -0.39 is 5.00 Å². The molecule has 101 valence electrons. The summed E-state index contributed by atoms with van der Waals surface area (Å²) in [6.45, 7) is 2.01. The molecule has 2 atom stereocenters. The molecule has 0 amide bonds. The molecule has 2 aliphatic heterocycles. The smallest absolute Gasteiger partial charge is 0.149 e. The maximum absolute atomic E-state index is 6.73. The summed E-state index contributed by atoms with van der Waals surface area (Å²) in [5.74, 6) is 0. The molecule has 0 saturated carbocycles. The highest BCUT2D eigenvalue weighted by Crippen LogP contribution is 2.38. The molecule has 0 bridgehead atoms. The molecule has 1 aromatic rings. The zero-order valence-corrected chi connectivity index (χ0v) is 12.0. The lowest BCUT2D eigenvalue weighted by Crippen LogP contribution is -2.50. The van der Waals surface area contributed by atoms with Gasteiger partial charge >= 0.3 is 0 Å². The van der Waals surface area contributed by atoms with Crippen LogP contribution in [0.4, 0.5) is 5.69 Å². The second kappa shape index (κ2) is 5.33. The van der Waals surface area contributed by atoms with Gasteiger partial charge in [0.05, 0.1) is 0 Å². The van der Waals surface area contributed by atoms with Crippen LogP contribution in [0.3, 0.4) is 0 Å². The summed E-state index contributed by atoms with van der Waals surface area (Å²) < 4.78 is 0. The van der Waals surface area contributed by atoms with Crippen molar-refractivity contribution in [1.29, 1.82) is 0 Å². The number of rotatable bonds is 2. The van der Waals surface area contributed by atoms with Gasteiger partial charge in [-0.2, -0.15) is 0 Å². The average molecular weight is 297 g/mol. The third kappa shape index (κ3) is 2.75. The van der Waals surface area contributed by atoms with Crippen molar-refractivity contribution >= 4 is 28.9 Å². The SMILES string of the molecule is Clc1ccc2c(c1)C(Cl)(NC1CCCNC1)[C]=CN2. The molecular formula is C14H16Cl2N3. The van der Waals surface area contributed by atoms with E-state index in [-0.39, 0.29) is 0 Å². The van der Waals surface area contributed by atoms with Crippen molar-refractivity contribution in [3.8, 4) is 0 Å². The van der Waals surface area contributed by atoms with Crippen LogP contribution < -0.4 is 16.0 Å². The highest BCUT2D eigenvalue weighted by molar-refractivity contribution is 6.31. The van der Waals surface area contributed by atoms with Crippen molar-refractivity contribution in [2.75, 3.05) is 18.4 Å². The van der Waals surface area contributed by atoms with Crippen LogP contribution >= 0.6 is 23.2 Å². The molecular weight excluding hydrogens is 281 g/mol. The van der Waals surface area contributed by atoms with Crippen molar-refractivity contribution < 1.29 is 0 Å². The van der Waals surface area contributed by atoms with Crippen LogP contribution in [0.2, 0.25) is 5.02 Å². The van der Waals surface area contributed by atoms with Gasteiger partial charge in [-0.15, -0.1) is 0 Å². The summed E-state index contributed by atoms with van der Waals surface area (Å²) in [4.78, 5) is -0.810. The molecule has 0 aliphatic carbocycles. The summed E-state index contributed by atoms with van der Waals surface area (Å²) in [5.41, 5.74) is 1.89. The molecule has 1 aromatic carbocycles. The first-order chi connectivity index (χ1) is 9.17. The normalized spacial score (nSPS) is 29.7. The molecule has 0 aromatic heterocycles. The number of anilines is 1. The predicted octanol–water partition coefficient (Wildman–Crippen LogP) is 2.82. The van der Waals surface area contributed by atoms with Gasteiger partial charge in [-0.05, 0) is 37.6 Å². The molecule has 2 unspecified atom stereocenters. The Morgan fingerprint density at radius 2 is 2.32 bits per heavy atom. The van der Waals surface area contributed by atoms with Crippen LogP contribution in [0.5, 0.6) is 0 Å². The maximum Gasteiger partial charge on any atom is 0.149 e. The second-order valence-electron chi connectivity index (χ2n) is 4.97. The van der Waals surface area contributed by atoms with Gasteiger partial charge in [-0.1, -0.05) is 23.2 Å². The quantitative estimate of drug-likeness (QED) is 0.580. The molecule has 5 heteroatoms. The third-order valence-electron chi connectivity index (χ3n) is 3.55. The first kappa shape index (κ1) is 13.3. The van der Waals surface area contributed by atoms with E-state index in [1.54, 1.807) is 6.20 Å². The van der Waals surface area contributed by atoms with Crippen molar-refractivity contribution in [2.45, 2.75) is 23.9 Å². The Morgan fingerprint density at radius 3 is 3.11 bits per heavy atom.